The van der Waals surface area contributed by atoms with Crippen molar-refractivity contribution >= 4 is 70.4 Å². The van der Waals surface area contributed by atoms with Crippen LogP contribution in [-0.2, 0) is 14.6 Å². The van der Waals surface area contributed by atoms with E-state index in [2.05, 4.69) is 26.2 Å². The molecule has 2 aromatic carbocycles. The first-order valence-electron chi connectivity index (χ1n) is 10.1. The maximum absolute atomic E-state index is 13.0. The summed E-state index contributed by atoms with van der Waals surface area (Å²) in [7, 11) is -3.31. The highest BCUT2D eigenvalue weighted by atomic mass is 79.9. The summed E-state index contributed by atoms with van der Waals surface area (Å²) in [6, 6.07) is 17.4. The van der Waals surface area contributed by atoms with Crippen LogP contribution in [0.15, 0.2) is 65.3 Å². The minimum atomic E-state index is -3.31. The molecule has 0 radical (unpaired) electrons. The SMILES string of the molecule is CC(C)(c1ccc2sc(C(=O)Nc3cc(Br)nc(Oc4ccc(Cl)cc4)c3)cc2c1)S(C)(=O)=O. The number of carbonyl (C=O) groups excluding carboxylic acids is 1. The van der Waals surface area contributed by atoms with Crippen molar-refractivity contribution in [3.8, 4) is 11.6 Å². The Morgan fingerprint density at radius 3 is 2.47 bits per heavy atom. The number of sulfone groups is 1. The number of aromatic nitrogens is 1. The summed E-state index contributed by atoms with van der Waals surface area (Å²) >= 11 is 10.6. The third-order valence-electron chi connectivity index (χ3n) is 5.43. The lowest BCUT2D eigenvalue weighted by Crippen LogP contribution is -2.27. The minimum absolute atomic E-state index is 0.291. The van der Waals surface area contributed by atoms with Crippen molar-refractivity contribution in [2.24, 2.45) is 0 Å². The number of thiophene rings is 1. The summed E-state index contributed by atoms with van der Waals surface area (Å²) in [5.41, 5.74) is 1.18. The van der Waals surface area contributed by atoms with Crippen molar-refractivity contribution in [3.05, 3.63) is 80.7 Å². The van der Waals surface area contributed by atoms with Crippen LogP contribution in [0.1, 0.15) is 29.1 Å². The van der Waals surface area contributed by atoms with Gasteiger partial charge in [0.1, 0.15) is 10.4 Å². The summed E-state index contributed by atoms with van der Waals surface area (Å²) in [6.45, 7) is 3.35. The van der Waals surface area contributed by atoms with Crippen molar-refractivity contribution in [1.82, 2.24) is 4.98 Å². The first-order chi connectivity index (χ1) is 15.9. The Hall–Kier alpha value is -2.46. The van der Waals surface area contributed by atoms with E-state index in [1.165, 1.54) is 17.6 Å². The van der Waals surface area contributed by atoms with Crippen molar-refractivity contribution in [2.45, 2.75) is 18.6 Å². The van der Waals surface area contributed by atoms with Crippen LogP contribution in [-0.4, -0.2) is 25.6 Å². The van der Waals surface area contributed by atoms with E-state index < -0.39 is 14.6 Å². The average Bonchev–Trinajstić information content (AvgIpc) is 3.18. The molecule has 0 bridgehead atoms. The quantitative estimate of drug-likeness (QED) is 0.248. The molecule has 0 saturated heterocycles. The van der Waals surface area contributed by atoms with Gasteiger partial charge in [-0.25, -0.2) is 13.4 Å². The second-order valence-electron chi connectivity index (χ2n) is 8.17. The molecule has 0 unspecified atom stereocenters. The molecule has 0 spiro atoms. The fourth-order valence-electron chi connectivity index (χ4n) is 3.16. The van der Waals surface area contributed by atoms with Gasteiger partial charge in [-0.15, -0.1) is 11.3 Å². The third kappa shape index (κ3) is 5.27. The minimum Gasteiger partial charge on any atom is -0.439 e. The van der Waals surface area contributed by atoms with Gasteiger partial charge in [-0.05, 0) is 89.3 Å². The number of pyridine rings is 1. The number of ether oxygens (including phenoxy) is 1. The van der Waals surface area contributed by atoms with Crippen molar-refractivity contribution in [3.63, 3.8) is 0 Å². The number of halogens is 2. The number of nitrogens with zero attached hydrogens (tertiary/aromatic N) is 1. The smallest absolute Gasteiger partial charge is 0.265 e. The Bertz CT molecular complexity index is 1500. The lowest BCUT2D eigenvalue weighted by Gasteiger charge is -2.23. The van der Waals surface area contributed by atoms with E-state index in [9.17, 15) is 13.2 Å². The Balaban J connectivity index is 1.57. The van der Waals surface area contributed by atoms with Gasteiger partial charge in [0.15, 0.2) is 9.84 Å². The molecule has 0 aliphatic rings. The summed E-state index contributed by atoms with van der Waals surface area (Å²) in [4.78, 5) is 17.7. The third-order valence-corrected chi connectivity index (χ3v) is 9.29. The van der Waals surface area contributed by atoms with Gasteiger partial charge in [0, 0.05) is 27.7 Å². The molecule has 6 nitrogen and oxygen atoms in total. The van der Waals surface area contributed by atoms with E-state index in [1.54, 1.807) is 62.4 Å². The number of amides is 1. The van der Waals surface area contributed by atoms with Gasteiger partial charge in [-0.3, -0.25) is 4.79 Å². The summed E-state index contributed by atoms with van der Waals surface area (Å²) in [6.07, 6.45) is 1.22. The van der Waals surface area contributed by atoms with Gasteiger partial charge < -0.3 is 10.1 Å². The van der Waals surface area contributed by atoms with Crippen molar-refractivity contribution in [2.75, 3.05) is 11.6 Å². The molecule has 2 heterocycles. The maximum Gasteiger partial charge on any atom is 0.265 e. The molecule has 0 atom stereocenters. The van der Waals surface area contributed by atoms with Crippen LogP contribution in [0.5, 0.6) is 11.6 Å². The number of benzene rings is 2. The Morgan fingerprint density at radius 1 is 1.09 bits per heavy atom. The fraction of sp³-hybridized carbons (Fsp3) is 0.167. The zero-order valence-electron chi connectivity index (χ0n) is 18.4. The average molecular weight is 580 g/mol. The normalized spacial score (nSPS) is 12.0. The molecule has 34 heavy (non-hydrogen) atoms. The van der Waals surface area contributed by atoms with Gasteiger partial charge in [0.25, 0.3) is 5.91 Å². The topological polar surface area (TPSA) is 85.4 Å². The molecule has 2 aromatic heterocycles. The van der Waals surface area contributed by atoms with Crippen molar-refractivity contribution < 1.29 is 17.9 Å². The van der Waals surface area contributed by atoms with E-state index in [0.717, 1.165) is 10.1 Å². The first-order valence-corrected chi connectivity index (χ1v) is 14.0. The van der Waals surface area contributed by atoms with E-state index in [0.29, 0.717) is 37.4 Å². The van der Waals surface area contributed by atoms with Crippen LogP contribution in [0, 0.1) is 0 Å². The number of rotatable bonds is 6. The van der Waals surface area contributed by atoms with Gasteiger partial charge >= 0.3 is 0 Å². The number of nitrogens with one attached hydrogen (secondary N) is 1. The molecule has 1 N–H and O–H groups in total. The van der Waals surface area contributed by atoms with E-state index in [1.807, 2.05) is 12.1 Å². The molecule has 0 aliphatic carbocycles. The second-order valence-corrected chi connectivity index (χ2v) is 13.1. The molecular formula is C24H20BrClN2O4S2. The molecule has 1 amide bonds. The highest BCUT2D eigenvalue weighted by Gasteiger charge is 2.32. The zero-order chi connectivity index (χ0) is 24.7. The van der Waals surface area contributed by atoms with E-state index >= 15 is 0 Å². The molecular weight excluding hydrogens is 560 g/mol. The Morgan fingerprint density at radius 2 is 1.79 bits per heavy atom. The number of anilines is 1. The summed E-state index contributed by atoms with van der Waals surface area (Å²) in [5.74, 6) is 0.571. The van der Waals surface area contributed by atoms with E-state index in [-0.39, 0.29) is 5.91 Å². The first kappa shape index (κ1) is 24.7. The monoisotopic (exact) mass is 578 g/mol. The molecule has 0 aliphatic heterocycles. The molecule has 176 valence electrons. The number of carbonyl (C=O) groups is 1. The van der Waals surface area contributed by atoms with Crippen LogP contribution in [0.2, 0.25) is 5.02 Å². The van der Waals surface area contributed by atoms with Crippen LogP contribution >= 0.6 is 38.9 Å². The van der Waals surface area contributed by atoms with Crippen LogP contribution in [0.25, 0.3) is 10.1 Å². The van der Waals surface area contributed by atoms with E-state index in [4.69, 9.17) is 16.3 Å². The molecule has 0 fully saturated rings. The Kier molecular flexibility index (Phi) is 6.74. The lowest BCUT2D eigenvalue weighted by atomic mass is 10.0. The summed E-state index contributed by atoms with van der Waals surface area (Å²) < 4.78 is 30.5. The molecule has 4 aromatic rings. The lowest BCUT2D eigenvalue weighted by molar-refractivity contribution is 0.103. The van der Waals surface area contributed by atoms with Crippen LogP contribution in [0.4, 0.5) is 5.69 Å². The number of hydrogen-bond acceptors (Lipinski definition) is 6. The highest BCUT2D eigenvalue weighted by molar-refractivity contribution is 9.10. The van der Waals surface area contributed by atoms with Crippen LogP contribution < -0.4 is 10.1 Å². The molecule has 10 heteroatoms. The summed E-state index contributed by atoms with van der Waals surface area (Å²) in [5, 5.41) is 4.28. The number of hydrogen-bond donors (Lipinski definition) is 1. The zero-order valence-corrected chi connectivity index (χ0v) is 22.4. The van der Waals surface area contributed by atoms with Gasteiger partial charge in [-0.2, -0.15) is 0 Å². The largest absolute Gasteiger partial charge is 0.439 e. The Labute approximate surface area is 215 Å². The standard InChI is InChI=1S/C24H20BrClN2O4S2/c1-24(2,34(3,30)31)15-4-9-19-14(10-15)11-20(33-19)23(29)27-17-12-21(25)28-22(13-17)32-18-7-5-16(26)6-8-18/h4-13H,1-3H3,(H,27,28,29). The molecule has 0 saturated carbocycles. The van der Waals surface area contributed by atoms with Gasteiger partial charge in [0.2, 0.25) is 5.88 Å². The van der Waals surface area contributed by atoms with Crippen LogP contribution in [0.3, 0.4) is 0 Å². The second kappa shape index (κ2) is 9.30. The maximum atomic E-state index is 13.0. The molecule has 4 rings (SSSR count). The fourth-order valence-corrected chi connectivity index (χ4v) is 5.20. The van der Waals surface area contributed by atoms with Crippen molar-refractivity contribution in [1.29, 1.82) is 0 Å². The highest BCUT2D eigenvalue weighted by Crippen LogP contribution is 2.34. The van der Waals surface area contributed by atoms with Gasteiger partial charge in [-0.1, -0.05) is 17.7 Å². The van der Waals surface area contributed by atoms with Gasteiger partial charge in [0.05, 0.1) is 9.62 Å². The predicted molar refractivity (Wildman–Crippen MR) is 141 cm³/mol. The predicted octanol–water partition coefficient (Wildman–Crippen LogP) is 7.04. The number of fused-ring (bicyclic) bond motifs is 1.